The summed E-state index contributed by atoms with van der Waals surface area (Å²) < 4.78 is 1.91. The molecule has 0 spiro atoms. The van der Waals surface area contributed by atoms with Crippen molar-refractivity contribution in [1.29, 1.82) is 0 Å². The topological polar surface area (TPSA) is 63.1 Å². The van der Waals surface area contributed by atoms with Gasteiger partial charge in [-0.3, -0.25) is 9.59 Å². The first-order valence-electron chi connectivity index (χ1n) is 9.30. The molecule has 0 aliphatic carbocycles. The van der Waals surface area contributed by atoms with E-state index in [1.54, 1.807) is 24.4 Å². The van der Waals surface area contributed by atoms with Crippen LogP contribution in [0.4, 0.5) is 5.69 Å². The predicted molar refractivity (Wildman–Crippen MR) is 114 cm³/mol. The summed E-state index contributed by atoms with van der Waals surface area (Å²) >= 11 is 6.08. The third-order valence-corrected chi connectivity index (χ3v) is 4.86. The van der Waals surface area contributed by atoms with Crippen molar-refractivity contribution in [1.82, 2.24) is 9.88 Å². The number of benzene rings is 2. The van der Waals surface area contributed by atoms with E-state index >= 15 is 0 Å². The van der Waals surface area contributed by atoms with E-state index < -0.39 is 0 Å². The van der Waals surface area contributed by atoms with E-state index in [-0.39, 0.29) is 11.8 Å². The van der Waals surface area contributed by atoms with E-state index in [1.165, 1.54) is 0 Å². The Kier molecular flexibility index (Phi) is 6.05. The van der Waals surface area contributed by atoms with Gasteiger partial charge in [-0.1, -0.05) is 43.6 Å². The number of nitrogens with one attached hydrogen (secondary N) is 2. The Bertz CT molecular complexity index is 1020. The molecule has 2 aromatic carbocycles. The van der Waals surface area contributed by atoms with Gasteiger partial charge in [0.25, 0.3) is 11.8 Å². The highest BCUT2D eigenvalue weighted by molar-refractivity contribution is 6.31. The summed E-state index contributed by atoms with van der Waals surface area (Å²) in [5.41, 5.74) is 2.31. The van der Waals surface area contributed by atoms with Gasteiger partial charge in [0.05, 0.1) is 16.8 Å². The molecule has 28 heavy (non-hydrogen) atoms. The SMILES string of the molecule is CC(C)CCNC(=O)c1cc(Cl)ccc1NC(=O)c1cn(C)c2ccccc12. The van der Waals surface area contributed by atoms with Crippen molar-refractivity contribution in [3.05, 3.63) is 64.8 Å². The minimum atomic E-state index is -0.268. The van der Waals surface area contributed by atoms with E-state index in [0.717, 1.165) is 17.3 Å². The lowest BCUT2D eigenvalue weighted by molar-refractivity contribution is 0.0953. The van der Waals surface area contributed by atoms with Gasteiger partial charge in [0, 0.05) is 35.7 Å². The lowest BCUT2D eigenvalue weighted by Crippen LogP contribution is -2.27. The number of hydrogen-bond acceptors (Lipinski definition) is 2. The summed E-state index contributed by atoms with van der Waals surface area (Å²) in [5, 5.41) is 7.06. The Labute approximate surface area is 169 Å². The van der Waals surface area contributed by atoms with Crippen LogP contribution in [0.5, 0.6) is 0 Å². The molecule has 3 aromatic rings. The van der Waals surface area contributed by atoms with Gasteiger partial charge in [0.1, 0.15) is 0 Å². The molecule has 2 N–H and O–H groups in total. The molecule has 0 bridgehead atoms. The fourth-order valence-electron chi connectivity index (χ4n) is 3.10. The van der Waals surface area contributed by atoms with E-state index in [0.29, 0.717) is 34.3 Å². The van der Waals surface area contributed by atoms with Crippen LogP contribution >= 0.6 is 11.6 Å². The molecule has 0 saturated carbocycles. The molecule has 146 valence electrons. The van der Waals surface area contributed by atoms with Gasteiger partial charge in [-0.25, -0.2) is 0 Å². The zero-order valence-electron chi connectivity index (χ0n) is 16.3. The maximum absolute atomic E-state index is 12.9. The summed E-state index contributed by atoms with van der Waals surface area (Å²) in [4.78, 5) is 25.5. The molecule has 6 heteroatoms. The highest BCUT2D eigenvalue weighted by Crippen LogP contribution is 2.24. The standard InChI is InChI=1S/C22H24ClN3O2/c1-14(2)10-11-24-21(27)17-12-15(23)8-9-19(17)25-22(28)18-13-26(3)20-7-5-4-6-16(18)20/h4-9,12-14H,10-11H2,1-3H3,(H,24,27)(H,25,28). The summed E-state index contributed by atoms with van der Waals surface area (Å²) in [6.07, 6.45) is 2.67. The number of carbonyl (C=O) groups is 2. The fourth-order valence-corrected chi connectivity index (χ4v) is 3.27. The molecule has 1 aromatic heterocycles. The molecule has 0 aliphatic heterocycles. The number of aryl methyl sites for hydroxylation is 1. The predicted octanol–water partition coefficient (Wildman–Crippen LogP) is 4.86. The van der Waals surface area contributed by atoms with Crippen molar-refractivity contribution in [3.8, 4) is 0 Å². The summed E-state index contributed by atoms with van der Waals surface area (Å²) in [7, 11) is 1.90. The van der Waals surface area contributed by atoms with Crippen molar-refractivity contribution in [2.24, 2.45) is 13.0 Å². The molecular weight excluding hydrogens is 374 g/mol. The first-order valence-corrected chi connectivity index (χ1v) is 9.67. The molecule has 5 nitrogen and oxygen atoms in total. The second-order valence-electron chi connectivity index (χ2n) is 7.25. The average Bonchev–Trinajstić information content (AvgIpc) is 3.00. The average molecular weight is 398 g/mol. The Morgan fingerprint density at radius 1 is 1.07 bits per heavy atom. The lowest BCUT2D eigenvalue weighted by Gasteiger charge is -2.12. The zero-order valence-corrected chi connectivity index (χ0v) is 17.0. The van der Waals surface area contributed by atoms with Crippen molar-refractivity contribution in [3.63, 3.8) is 0 Å². The maximum atomic E-state index is 12.9. The quantitative estimate of drug-likeness (QED) is 0.623. The molecule has 0 aliphatic rings. The van der Waals surface area contributed by atoms with Crippen molar-refractivity contribution in [2.75, 3.05) is 11.9 Å². The fraction of sp³-hybridized carbons (Fsp3) is 0.273. The van der Waals surface area contributed by atoms with Crippen molar-refractivity contribution in [2.45, 2.75) is 20.3 Å². The van der Waals surface area contributed by atoms with Crippen LogP contribution in [0.15, 0.2) is 48.7 Å². The minimum absolute atomic E-state index is 0.253. The molecule has 0 fully saturated rings. The summed E-state index contributed by atoms with van der Waals surface area (Å²) in [5.74, 6) is -0.0306. The van der Waals surface area contributed by atoms with Crippen LogP contribution in [0.25, 0.3) is 10.9 Å². The van der Waals surface area contributed by atoms with Crippen molar-refractivity contribution < 1.29 is 9.59 Å². The van der Waals surface area contributed by atoms with E-state index in [1.807, 2.05) is 35.9 Å². The highest BCUT2D eigenvalue weighted by atomic mass is 35.5. The van der Waals surface area contributed by atoms with Gasteiger partial charge in [-0.15, -0.1) is 0 Å². The van der Waals surface area contributed by atoms with Gasteiger partial charge in [0.2, 0.25) is 0 Å². The monoisotopic (exact) mass is 397 g/mol. The zero-order chi connectivity index (χ0) is 20.3. The van der Waals surface area contributed by atoms with Crippen LogP contribution in [0.2, 0.25) is 5.02 Å². The second kappa shape index (κ2) is 8.48. The first kappa shape index (κ1) is 20.0. The maximum Gasteiger partial charge on any atom is 0.257 e. The van der Waals surface area contributed by atoms with Gasteiger partial charge in [-0.2, -0.15) is 0 Å². The first-order chi connectivity index (χ1) is 13.4. The molecule has 1 heterocycles. The Morgan fingerprint density at radius 2 is 1.82 bits per heavy atom. The number of rotatable bonds is 6. The third-order valence-electron chi connectivity index (χ3n) is 4.62. The third kappa shape index (κ3) is 4.37. The normalized spacial score (nSPS) is 11.0. The largest absolute Gasteiger partial charge is 0.352 e. The number of carbonyl (C=O) groups excluding carboxylic acids is 2. The van der Waals surface area contributed by atoms with Gasteiger partial charge < -0.3 is 15.2 Å². The Morgan fingerprint density at radius 3 is 2.57 bits per heavy atom. The van der Waals surface area contributed by atoms with Crippen LogP contribution in [0.3, 0.4) is 0 Å². The number of amides is 2. The summed E-state index contributed by atoms with van der Waals surface area (Å²) in [6, 6.07) is 12.6. The van der Waals surface area contributed by atoms with Gasteiger partial charge in [-0.05, 0) is 36.6 Å². The van der Waals surface area contributed by atoms with E-state index in [9.17, 15) is 9.59 Å². The van der Waals surface area contributed by atoms with Crippen LogP contribution in [-0.4, -0.2) is 22.9 Å². The number of aromatic nitrogens is 1. The van der Waals surface area contributed by atoms with Crippen LogP contribution < -0.4 is 10.6 Å². The summed E-state index contributed by atoms with van der Waals surface area (Å²) in [6.45, 7) is 4.77. The molecule has 3 rings (SSSR count). The van der Waals surface area contributed by atoms with Crippen molar-refractivity contribution >= 4 is 40.0 Å². The Balaban J connectivity index is 1.85. The number of halogens is 1. The second-order valence-corrected chi connectivity index (χ2v) is 7.69. The molecular formula is C22H24ClN3O2. The number of nitrogens with zero attached hydrogens (tertiary/aromatic N) is 1. The highest BCUT2D eigenvalue weighted by Gasteiger charge is 2.18. The molecule has 0 radical (unpaired) electrons. The van der Waals surface area contributed by atoms with Gasteiger partial charge >= 0.3 is 0 Å². The Hall–Kier alpha value is -2.79. The number of anilines is 1. The minimum Gasteiger partial charge on any atom is -0.352 e. The number of para-hydroxylation sites is 1. The lowest BCUT2D eigenvalue weighted by atomic mass is 10.1. The molecule has 0 atom stereocenters. The van der Waals surface area contributed by atoms with Gasteiger partial charge in [0.15, 0.2) is 0 Å². The smallest absolute Gasteiger partial charge is 0.257 e. The number of fused-ring (bicyclic) bond motifs is 1. The van der Waals surface area contributed by atoms with E-state index in [2.05, 4.69) is 24.5 Å². The van der Waals surface area contributed by atoms with Crippen LogP contribution in [0, 0.1) is 5.92 Å². The molecule has 0 saturated heterocycles. The molecule has 2 amide bonds. The van der Waals surface area contributed by atoms with Crippen LogP contribution in [0.1, 0.15) is 41.0 Å². The molecule has 0 unspecified atom stereocenters. The van der Waals surface area contributed by atoms with E-state index in [4.69, 9.17) is 11.6 Å². The number of hydrogen-bond donors (Lipinski definition) is 2. The van der Waals surface area contributed by atoms with Crippen LogP contribution in [-0.2, 0) is 7.05 Å².